The van der Waals surface area contributed by atoms with Crippen LogP contribution < -0.4 is 4.74 Å². The number of aryl methyl sites for hydroxylation is 1. The summed E-state index contributed by atoms with van der Waals surface area (Å²) in [7, 11) is 0. The summed E-state index contributed by atoms with van der Waals surface area (Å²) in [6, 6.07) is 14.2. The zero-order chi connectivity index (χ0) is 23.7. The molecule has 0 amide bonds. The molecule has 0 atom stereocenters. The Balaban J connectivity index is 1.35. The van der Waals surface area contributed by atoms with Gasteiger partial charge >= 0.3 is 0 Å². The summed E-state index contributed by atoms with van der Waals surface area (Å²) in [5, 5.41) is 9.62. The van der Waals surface area contributed by atoms with Crippen molar-refractivity contribution >= 4 is 17.5 Å². The van der Waals surface area contributed by atoms with Gasteiger partial charge in [-0.2, -0.15) is 0 Å². The van der Waals surface area contributed by atoms with Crippen molar-refractivity contribution < 1.29 is 9.53 Å². The van der Waals surface area contributed by atoms with Gasteiger partial charge in [0.25, 0.3) is 0 Å². The van der Waals surface area contributed by atoms with E-state index < -0.39 is 0 Å². The van der Waals surface area contributed by atoms with Crippen molar-refractivity contribution in [3.05, 3.63) is 71.8 Å². The van der Waals surface area contributed by atoms with Gasteiger partial charge < -0.3 is 9.30 Å². The summed E-state index contributed by atoms with van der Waals surface area (Å²) < 4.78 is 9.83. The summed E-state index contributed by atoms with van der Waals surface area (Å²) in [5.41, 5.74) is 4.66. The average molecular weight is 474 g/mol. The Bertz CT molecular complexity index is 1310. The lowest BCUT2D eigenvalue weighted by Crippen LogP contribution is -2.07. The number of thioether (sulfide) groups is 1. The predicted octanol–water partition coefficient (Wildman–Crippen LogP) is 5.46. The molecule has 0 unspecified atom stereocenters. The molecular formula is C26H27N5O2S. The molecule has 5 rings (SSSR count). The van der Waals surface area contributed by atoms with E-state index in [1.165, 1.54) is 11.8 Å². The maximum absolute atomic E-state index is 13.2. The second kappa shape index (κ2) is 9.46. The Morgan fingerprint density at radius 1 is 1.15 bits per heavy atom. The first-order valence-corrected chi connectivity index (χ1v) is 12.5. The smallest absolute Gasteiger partial charge is 0.192 e. The molecule has 3 aromatic heterocycles. The molecule has 0 spiro atoms. The highest BCUT2D eigenvalue weighted by molar-refractivity contribution is 7.99. The first kappa shape index (κ1) is 22.4. The zero-order valence-electron chi connectivity index (χ0n) is 19.6. The van der Waals surface area contributed by atoms with Gasteiger partial charge in [0.05, 0.1) is 12.4 Å². The third-order valence-electron chi connectivity index (χ3n) is 5.97. The van der Waals surface area contributed by atoms with Crippen LogP contribution in [0.1, 0.15) is 47.6 Å². The lowest BCUT2D eigenvalue weighted by molar-refractivity contribution is 0.102. The van der Waals surface area contributed by atoms with E-state index in [1.807, 2.05) is 63.2 Å². The van der Waals surface area contributed by atoms with Crippen LogP contribution in [0.3, 0.4) is 0 Å². The largest absolute Gasteiger partial charge is 0.494 e. The summed E-state index contributed by atoms with van der Waals surface area (Å²) in [5.74, 6) is 2.06. The number of hydrogen-bond acceptors (Lipinski definition) is 6. The number of ketones is 1. The molecule has 0 bridgehead atoms. The number of benzene rings is 1. The highest BCUT2D eigenvalue weighted by Crippen LogP contribution is 2.41. The van der Waals surface area contributed by atoms with Crippen molar-refractivity contribution in [2.45, 2.75) is 44.8 Å². The maximum atomic E-state index is 13.2. The number of ether oxygens (including phenoxy) is 1. The minimum Gasteiger partial charge on any atom is -0.494 e. The molecule has 8 heteroatoms. The van der Waals surface area contributed by atoms with Gasteiger partial charge in [0, 0.05) is 46.6 Å². The predicted molar refractivity (Wildman–Crippen MR) is 133 cm³/mol. The standard InChI is InChI=1S/C26H27N5O2S/c1-4-33-22-11-9-20(10-12-22)30-17(2)14-23(18(30)3)24(32)16-34-26-29-28-25(31(26)21-7-8-21)19-6-5-13-27-15-19/h5-6,9-15,21H,4,7-8,16H2,1-3H3. The SMILES string of the molecule is CCOc1ccc(-n2c(C)cc(C(=O)CSc3nnc(-c4cccnc4)n3C3CC3)c2C)cc1. The first-order chi connectivity index (χ1) is 16.6. The van der Waals surface area contributed by atoms with E-state index in [0.29, 0.717) is 18.4 Å². The fourth-order valence-corrected chi connectivity index (χ4v) is 5.13. The average Bonchev–Trinajstić information content (AvgIpc) is 3.53. The van der Waals surface area contributed by atoms with E-state index in [-0.39, 0.29) is 5.78 Å². The summed E-state index contributed by atoms with van der Waals surface area (Å²) in [6.45, 7) is 6.62. The van der Waals surface area contributed by atoms with E-state index in [4.69, 9.17) is 4.74 Å². The molecular weight excluding hydrogens is 446 g/mol. The molecule has 0 saturated heterocycles. The van der Waals surface area contributed by atoms with E-state index >= 15 is 0 Å². The van der Waals surface area contributed by atoms with Gasteiger partial charge in [0.2, 0.25) is 0 Å². The molecule has 3 heterocycles. The Morgan fingerprint density at radius 2 is 1.94 bits per heavy atom. The van der Waals surface area contributed by atoms with E-state index in [9.17, 15) is 4.79 Å². The van der Waals surface area contributed by atoms with Crippen LogP contribution in [-0.4, -0.2) is 42.5 Å². The van der Waals surface area contributed by atoms with Crippen molar-refractivity contribution in [1.82, 2.24) is 24.3 Å². The molecule has 174 valence electrons. The molecule has 1 saturated carbocycles. The van der Waals surface area contributed by atoms with Gasteiger partial charge in [0.15, 0.2) is 16.8 Å². The molecule has 1 aliphatic rings. The van der Waals surface area contributed by atoms with Crippen LogP contribution in [0.5, 0.6) is 5.75 Å². The number of aromatic nitrogens is 5. The van der Waals surface area contributed by atoms with Gasteiger partial charge in [-0.1, -0.05) is 11.8 Å². The molecule has 7 nitrogen and oxygen atoms in total. The van der Waals surface area contributed by atoms with E-state index in [1.54, 1.807) is 12.4 Å². The van der Waals surface area contributed by atoms with Crippen molar-refractivity contribution in [3.63, 3.8) is 0 Å². The van der Waals surface area contributed by atoms with Gasteiger partial charge in [-0.3, -0.25) is 14.3 Å². The van der Waals surface area contributed by atoms with Crippen molar-refractivity contribution in [2.24, 2.45) is 0 Å². The van der Waals surface area contributed by atoms with Crippen molar-refractivity contribution in [3.8, 4) is 22.8 Å². The highest BCUT2D eigenvalue weighted by Gasteiger charge is 2.30. The molecule has 1 aliphatic carbocycles. The number of carbonyl (C=O) groups excluding carboxylic acids is 1. The van der Waals surface area contributed by atoms with E-state index in [0.717, 1.165) is 57.8 Å². The number of hydrogen-bond donors (Lipinski definition) is 0. The van der Waals surface area contributed by atoms with E-state index in [2.05, 4.69) is 24.3 Å². The van der Waals surface area contributed by atoms with Crippen LogP contribution in [0.2, 0.25) is 0 Å². The van der Waals surface area contributed by atoms with Crippen LogP contribution in [0, 0.1) is 13.8 Å². The monoisotopic (exact) mass is 473 g/mol. The second-order valence-corrected chi connectivity index (χ2v) is 9.35. The van der Waals surface area contributed by atoms with Crippen LogP contribution in [0.4, 0.5) is 0 Å². The summed E-state index contributed by atoms with van der Waals surface area (Å²) in [6.07, 6.45) is 5.77. The molecule has 34 heavy (non-hydrogen) atoms. The minimum absolute atomic E-state index is 0.0866. The highest BCUT2D eigenvalue weighted by atomic mass is 32.2. The van der Waals surface area contributed by atoms with Gasteiger partial charge in [-0.25, -0.2) is 0 Å². The molecule has 0 radical (unpaired) electrons. The Hall–Kier alpha value is -3.39. The Kier molecular flexibility index (Phi) is 6.24. The van der Waals surface area contributed by atoms with Crippen molar-refractivity contribution in [2.75, 3.05) is 12.4 Å². The number of nitrogens with zero attached hydrogens (tertiary/aromatic N) is 5. The van der Waals surface area contributed by atoms with Gasteiger partial charge in [-0.05, 0) is 76.1 Å². The minimum atomic E-state index is 0.0866. The molecule has 0 aliphatic heterocycles. The number of Topliss-reactive ketones (excluding diaryl/α,β-unsaturated/α-hetero) is 1. The fourth-order valence-electron chi connectivity index (χ4n) is 4.24. The maximum Gasteiger partial charge on any atom is 0.192 e. The van der Waals surface area contributed by atoms with Crippen LogP contribution in [-0.2, 0) is 0 Å². The number of pyridine rings is 1. The third kappa shape index (κ3) is 4.37. The quantitative estimate of drug-likeness (QED) is 0.237. The third-order valence-corrected chi connectivity index (χ3v) is 6.91. The van der Waals surface area contributed by atoms with Crippen LogP contribution in [0.25, 0.3) is 17.1 Å². The fraction of sp³-hybridized carbons (Fsp3) is 0.308. The second-order valence-electron chi connectivity index (χ2n) is 8.41. The van der Waals surface area contributed by atoms with Gasteiger partial charge in [0.1, 0.15) is 5.75 Å². The van der Waals surface area contributed by atoms with Crippen molar-refractivity contribution in [1.29, 1.82) is 0 Å². The lowest BCUT2D eigenvalue weighted by Gasteiger charge is -2.11. The zero-order valence-corrected chi connectivity index (χ0v) is 20.4. The van der Waals surface area contributed by atoms with Gasteiger partial charge in [-0.15, -0.1) is 10.2 Å². The molecule has 0 N–H and O–H groups in total. The number of rotatable bonds is 9. The summed E-state index contributed by atoms with van der Waals surface area (Å²) in [4.78, 5) is 17.4. The molecule has 1 aromatic carbocycles. The Morgan fingerprint density at radius 3 is 2.62 bits per heavy atom. The lowest BCUT2D eigenvalue weighted by atomic mass is 10.2. The molecule has 1 fully saturated rings. The topological polar surface area (TPSA) is 74.8 Å². The Labute approximate surface area is 203 Å². The summed E-state index contributed by atoms with van der Waals surface area (Å²) >= 11 is 1.45. The van der Waals surface area contributed by atoms with Crippen LogP contribution >= 0.6 is 11.8 Å². The number of carbonyl (C=O) groups is 1. The molecule has 4 aromatic rings. The van der Waals surface area contributed by atoms with Crippen LogP contribution in [0.15, 0.2) is 60.0 Å². The first-order valence-electron chi connectivity index (χ1n) is 11.5. The normalized spacial score (nSPS) is 13.3.